The minimum atomic E-state index is -3.48. The van der Waals surface area contributed by atoms with E-state index in [0.29, 0.717) is 17.1 Å². The number of pyridine rings is 1. The van der Waals surface area contributed by atoms with Gasteiger partial charge >= 0.3 is 0 Å². The summed E-state index contributed by atoms with van der Waals surface area (Å²) in [4.78, 5) is 19.4. The molecule has 10 nitrogen and oxygen atoms in total. The van der Waals surface area contributed by atoms with Gasteiger partial charge in [-0.25, -0.2) is 18.1 Å². The van der Waals surface area contributed by atoms with Gasteiger partial charge in [-0.1, -0.05) is 11.6 Å². The summed E-state index contributed by atoms with van der Waals surface area (Å²) in [6, 6.07) is 8.29. The zero-order valence-corrected chi connectivity index (χ0v) is 18.8. The fourth-order valence-electron chi connectivity index (χ4n) is 3.33. The molecule has 0 aliphatic carbocycles. The Balaban J connectivity index is 1.46. The smallest absolute Gasteiger partial charge is 0.258 e. The van der Waals surface area contributed by atoms with Crippen LogP contribution in [0.4, 0.5) is 17.1 Å². The summed E-state index contributed by atoms with van der Waals surface area (Å²) in [6.07, 6.45) is 5.83. The largest absolute Gasteiger partial charge is 0.368 e. The third kappa shape index (κ3) is 5.55. The highest BCUT2D eigenvalue weighted by atomic mass is 35.5. The fourth-order valence-corrected chi connectivity index (χ4v) is 4.11. The van der Waals surface area contributed by atoms with Crippen molar-refractivity contribution in [2.24, 2.45) is 0 Å². The monoisotopic (exact) mass is 475 g/mol. The lowest BCUT2D eigenvalue weighted by Gasteiger charge is -2.29. The highest BCUT2D eigenvalue weighted by Crippen LogP contribution is 2.24. The van der Waals surface area contributed by atoms with Crippen LogP contribution in [0.2, 0.25) is 5.02 Å². The maximum Gasteiger partial charge on any atom is 0.258 e. The first kappa shape index (κ1) is 22.1. The molecule has 3 aromatic rings. The Labute approximate surface area is 190 Å². The topological polar surface area (TPSA) is 121 Å². The van der Waals surface area contributed by atoms with Crippen molar-refractivity contribution in [2.75, 3.05) is 47.4 Å². The first-order valence-corrected chi connectivity index (χ1v) is 12.1. The summed E-state index contributed by atoms with van der Waals surface area (Å²) in [5, 5.41) is 10.5. The number of sulfonamides is 1. The van der Waals surface area contributed by atoms with E-state index in [9.17, 15) is 13.2 Å². The number of rotatable bonds is 6. The molecule has 4 rings (SSSR count). The van der Waals surface area contributed by atoms with Crippen LogP contribution in [0.25, 0.3) is 5.82 Å². The first-order valence-electron chi connectivity index (χ1n) is 9.83. The van der Waals surface area contributed by atoms with Crippen molar-refractivity contribution in [1.82, 2.24) is 20.1 Å². The van der Waals surface area contributed by atoms with E-state index in [-0.39, 0.29) is 10.7 Å². The van der Waals surface area contributed by atoms with Crippen LogP contribution in [0.15, 0.2) is 48.9 Å². The van der Waals surface area contributed by atoms with Crippen LogP contribution in [-0.2, 0) is 10.0 Å². The highest BCUT2D eigenvalue weighted by Gasteiger charge is 2.14. The van der Waals surface area contributed by atoms with Crippen LogP contribution in [0.5, 0.6) is 0 Å². The van der Waals surface area contributed by atoms with Gasteiger partial charge in [-0.3, -0.25) is 9.52 Å². The zero-order chi connectivity index (χ0) is 22.7. The average molecular weight is 476 g/mol. The molecule has 1 aliphatic rings. The first-order chi connectivity index (χ1) is 15.3. The number of amides is 1. The molecule has 2 aromatic heterocycles. The van der Waals surface area contributed by atoms with Crippen LogP contribution in [0.3, 0.4) is 0 Å². The SMILES string of the molecule is CS(=O)(=O)Nc1cc(Cl)cc(NC(=O)c2cnn(-c3ccc(N4CCNCC4)cn3)c2)c1. The molecular weight excluding hydrogens is 454 g/mol. The Morgan fingerprint density at radius 3 is 2.56 bits per heavy atom. The molecule has 1 aromatic carbocycles. The van der Waals surface area contributed by atoms with Crippen molar-refractivity contribution in [1.29, 1.82) is 0 Å². The van der Waals surface area contributed by atoms with Gasteiger partial charge < -0.3 is 15.5 Å². The van der Waals surface area contributed by atoms with Crippen molar-refractivity contribution < 1.29 is 13.2 Å². The molecule has 0 atom stereocenters. The maximum atomic E-state index is 12.6. The molecule has 0 bridgehead atoms. The third-order valence-electron chi connectivity index (χ3n) is 4.75. The van der Waals surface area contributed by atoms with E-state index in [1.165, 1.54) is 29.1 Å². The molecule has 0 saturated carbocycles. The Bertz CT molecular complexity index is 1220. The highest BCUT2D eigenvalue weighted by molar-refractivity contribution is 7.92. The number of nitrogens with zero attached hydrogens (tertiary/aromatic N) is 4. The summed E-state index contributed by atoms with van der Waals surface area (Å²) >= 11 is 6.04. The number of piperazine rings is 1. The van der Waals surface area contributed by atoms with E-state index in [1.54, 1.807) is 12.4 Å². The fraction of sp³-hybridized carbons (Fsp3) is 0.250. The number of benzene rings is 1. The van der Waals surface area contributed by atoms with Crippen LogP contribution in [-0.4, -0.2) is 61.5 Å². The molecular formula is C20H22ClN7O3S. The van der Waals surface area contributed by atoms with Gasteiger partial charge in [-0.05, 0) is 30.3 Å². The number of anilines is 3. The molecule has 1 fully saturated rings. The molecule has 0 unspecified atom stereocenters. The lowest BCUT2D eigenvalue weighted by molar-refractivity contribution is 0.102. The lowest BCUT2D eigenvalue weighted by Crippen LogP contribution is -2.43. The number of halogens is 1. The van der Waals surface area contributed by atoms with Crippen molar-refractivity contribution >= 4 is 44.6 Å². The normalized spacial score (nSPS) is 14.2. The predicted molar refractivity (Wildman–Crippen MR) is 124 cm³/mol. The number of nitrogens with one attached hydrogen (secondary N) is 3. The lowest BCUT2D eigenvalue weighted by atomic mass is 10.2. The van der Waals surface area contributed by atoms with Crippen molar-refractivity contribution in [2.45, 2.75) is 0 Å². The molecule has 0 spiro atoms. The van der Waals surface area contributed by atoms with Gasteiger partial charge in [0.25, 0.3) is 5.91 Å². The van der Waals surface area contributed by atoms with E-state index >= 15 is 0 Å². The molecule has 0 radical (unpaired) electrons. The Morgan fingerprint density at radius 1 is 1.12 bits per heavy atom. The second-order valence-corrected chi connectivity index (χ2v) is 9.53. The van der Waals surface area contributed by atoms with Crippen molar-refractivity contribution in [3.63, 3.8) is 0 Å². The zero-order valence-electron chi connectivity index (χ0n) is 17.2. The molecule has 12 heteroatoms. The number of hydrogen-bond donors (Lipinski definition) is 3. The van der Waals surface area contributed by atoms with Gasteiger partial charge in [-0.2, -0.15) is 5.10 Å². The average Bonchev–Trinajstić information content (AvgIpc) is 3.23. The second-order valence-electron chi connectivity index (χ2n) is 7.34. The molecule has 1 amide bonds. The van der Waals surface area contributed by atoms with Crippen LogP contribution in [0.1, 0.15) is 10.4 Å². The summed E-state index contributed by atoms with van der Waals surface area (Å²) in [5.74, 6) is 0.173. The van der Waals surface area contributed by atoms with Crippen LogP contribution in [0, 0.1) is 0 Å². The summed E-state index contributed by atoms with van der Waals surface area (Å²) in [5.41, 5.74) is 1.95. The Hall–Kier alpha value is -3.15. The van der Waals surface area contributed by atoms with Gasteiger partial charge in [-0.15, -0.1) is 0 Å². The quantitative estimate of drug-likeness (QED) is 0.498. The van der Waals surface area contributed by atoms with Gasteiger partial charge in [0.05, 0.1) is 35.6 Å². The Kier molecular flexibility index (Phi) is 6.31. The minimum absolute atomic E-state index is 0.250. The van der Waals surface area contributed by atoms with Gasteiger partial charge in [0.15, 0.2) is 5.82 Å². The summed E-state index contributed by atoms with van der Waals surface area (Å²) in [6.45, 7) is 3.74. The number of hydrogen-bond acceptors (Lipinski definition) is 7. The van der Waals surface area contributed by atoms with E-state index in [0.717, 1.165) is 38.1 Å². The van der Waals surface area contributed by atoms with Crippen LogP contribution >= 0.6 is 11.6 Å². The third-order valence-corrected chi connectivity index (χ3v) is 5.58. The van der Waals surface area contributed by atoms with Crippen LogP contribution < -0.4 is 20.3 Å². The predicted octanol–water partition coefficient (Wildman–Crippen LogP) is 1.95. The number of aromatic nitrogens is 3. The van der Waals surface area contributed by atoms with E-state index in [1.807, 2.05) is 12.1 Å². The Morgan fingerprint density at radius 2 is 1.88 bits per heavy atom. The molecule has 3 N–H and O–H groups in total. The summed E-state index contributed by atoms with van der Waals surface area (Å²) < 4.78 is 26.8. The van der Waals surface area contributed by atoms with Crippen molar-refractivity contribution in [3.05, 3.63) is 59.5 Å². The minimum Gasteiger partial charge on any atom is -0.368 e. The summed E-state index contributed by atoms with van der Waals surface area (Å²) in [7, 11) is -3.48. The molecule has 1 saturated heterocycles. The second kappa shape index (κ2) is 9.15. The van der Waals surface area contributed by atoms with Gasteiger partial charge in [0.2, 0.25) is 10.0 Å². The maximum absolute atomic E-state index is 12.6. The number of carbonyl (C=O) groups is 1. The molecule has 1 aliphatic heterocycles. The van der Waals surface area contributed by atoms with Crippen molar-refractivity contribution in [3.8, 4) is 5.82 Å². The number of carbonyl (C=O) groups excluding carboxylic acids is 1. The van der Waals surface area contributed by atoms with E-state index < -0.39 is 15.9 Å². The van der Waals surface area contributed by atoms with Gasteiger partial charge in [0.1, 0.15) is 0 Å². The molecule has 32 heavy (non-hydrogen) atoms. The van der Waals surface area contributed by atoms with E-state index in [2.05, 4.69) is 30.3 Å². The molecule has 168 valence electrons. The van der Waals surface area contributed by atoms with Gasteiger partial charge in [0, 0.05) is 43.1 Å². The standard InChI is InChI=1S/C20H22ClN7O3S/c1-32(30,31)26-17-9-15(21)8-16(10-17)25-20(29)14-11-24-28(13-14)19-3-2-18(12-23-19)27-6-4-22-5-7-27/h2-3,8-13,22,26H,4-7H2,1H3,(H,25,29). The molecule has 3 heterocycles. The van der Waals surface area contributed by atoms with E-state index in [4.69, 9.17) is 11.6 Å².